The third kappa shape index (κ3) is 3.79. The van der Waals surface area contributed by atoms with Crippen LogP contribution in [0.4, 0.5) is 17.1 Å². The molecule has 20 heavy (non-hydrogen) atoms. The van der Waals surface area contributed by atoms with Crippen LogP contribution in [0.1, 0.15) is 25.7 Å². The third-order valence-corrected chi connectivity index (χ3v) is 4.93. The van der Waals surface area contributed by atoms with Crippen molar-refractivity contribution in [2.75, 3.05) is 23.9 Å². The topological polar surface area (TPSA) is 67.2 Å². The summed E-state index contributed by atoms with van der Waals surface area (Å²) in [5.74, 6) is 0. The minimum Gasteiger partial charge on any atom is -0.388 e. The number of rotatable bonds is 5. The van der Waals surface area contributed by atoms with Crippen LogP contribution in [0.2, 0.25) is 0 Å². The van der Waals surface area contributed by atoms with Gasteiger partial charge in [-0.2, -0.15) is 11.8 Å². The molecule has 1 aliphatic rings. The third-order valence-electron chi connectivity index (χ3n) is 3.80. The monoisotopic (exact) mass is 295 g/mol. The van der Waals surface area contributed by atoms with Crippen molar-refractivity contribution in [1.29, 1.82) is 0 Å². The SMILES string of the molecule is CNc1cc(NC2CCC(SC)CC2)cc([N+](=O)[O-])c1. The summed E-state index contributed by atoms with van der Waals surface area (Å²) in [6.07, 6.45) is 6.85. The normalized spacial score (nSPS) is 22.3. The molecule has 0 atom stereocenters. The minimum absolute atomic E-state index is 0.122. The van der Waals surface area contributed by atoms with Crippen LogP contribution < -0.4 is 10.6 Å². The van der Waals surface area contributed by atoms with Crippen LogP contribution in [0.25, 0.3) is 0 Å². The molecule has 0 spiro atoms. The Kier molecular flexibility index (Phi) is 5.11. The smallest absolute Gasteiger partial charge is 0.273 e. The van der Waals surface area contributed by atoms with Crippen molar-refractivity contribution in [1.82, 2.24) is 0 Å². The maximum Gasteiger partial charge on any atom is 0.273 e. The summed E-state index contributed by atoms with van der Waals surface area (Å²) in [7, 11) is 1.77. The molecular weight excluding hydrogens is 274 g/mol. The average molecular weight is 295 g/mol. The van der Waals surface area contributed by atoms with E-state index in [4.69, 9.17) is 0 Å². The lowest BCUT2D eigenvalue weighted by atomic mass is 9.94. The molecule has 2 N–H and O–H groups in total. The van der Waals surface area contributed by atoms with E-state index in [2.05, 4.69) is 16.9 Å². The summed E-state index contributed by atoms with van der Waals surface area (Å²) >= 11 is 1.94. The van der Waals surface area contributed by atoms with E-state index in [-0.39, 0.29) is 10.6 Å². The molecule has 0 amide bonds. The summed E-state index contributed by atoms with van der Waals surface area (Å²) in [5.41, 5.74) is 1.72. The van der Waals surface area contributed by atoms with Crippen LogP contribution in [0.15, 0.2) is 18.2 Å². The number of hydrogen-bond donors (Lipinski definition) is 2. The first-order valence-corrected chi connectivity index (χ1v) is 8.17. The molecule has 1 saturated carbocycles. The average Bonchev–Trinajstić information content (AvgIpc) is 2.47. The molecule has 1 aromatic carbocycles. The van der Waals surface area contributed by atoms with Gasteiger partial charge in [0.25, 0.3) is 5.69 Å². The molecule has 1 aliphatic carbocycles. The van der Waals surface area contributed by atoms with Crippen molar-refractivity contribution in [3.05, 3.63) is 28.3 Å². The van der Waals surface area contributed by atoms with Gasteiger partial charge in [-0.05, 0) is 38.0 Å². The number of benzene rings is 1. The van der Waals surface area contributed by atoms with Gasteiger partial charge >= 0.3 is 0 Å². The summed E-state index contributed by atoms with van der Waals surface area (Å²) in [5, 5.41) is 18.1. The zero-order valence-electron chi connectivity index (χ0n) is 11.9. The van der Waals surface area contributed by atoms with Crippen LogP contribution in [-0.2, 0) is 0 Å². The second kappa shape index (κ2) is 6.83. The van der Waals surface area contributed by atoms with Gasteiger partial charge in [-0.3, -0.25) is 10.1 Å². The fraction of sp³-hybridized carbons (Fsp3) is 0.571. The number of nitrogens with one attached hydrogen (secondary N) is 2. The molecule has 1 aromatic rings. The maximum atomic E-state index is 10.9. The van der Waals surface area contributed by atoms with Crippen molar-refractivity contribution < 1.29 is 4.92 Å². The predicted octanol–water partition coefficient (Wildman–Crippen LogP) is 3.72. The van der Waals surface area contributed by atoms with Crippen LogP contribution in [0.3, 0.4) is 0 Å². The standard InChI is InChI=1S/C14H21N3O2S/c1-15-11-7-12(9-13(8-11)17(18)19)16-10-3-5-14(20-2)6-4-10/h7-10,14-16H,3-6H2,1-2H3. The van der Waals surface area contributed by atoms with E-state index >= 15 is 0 Å². The molecule has 0 aliphatic heterocycles. The molecule has 110 valence electrons. The summed E-state index contributed by atoms with van der Waals surface area (Å²) in [6, 6.07) is 5.51. The van der Waals surface area contributed by atoms with Crippen molar-refractivity contribution in [3.8, 4) is 0 Å². The molecule has 0 heterocycles. The first kappa shape index (κ1) is 15.0. The molecule has 2 rings (SSSR count). The molecule has 6 heteroatoms. The molecular formula is C14H21N3O2S. The number of nitrogens with zero attached hydrogens (tertiary/aromatic N) is 1. The second-order valence-corrected chi connectivity index (χ2v) is 6.27. The Morgan fingerprint density at radius 1 is 1.20 bits per heavy atom. The first-order chi connectivity index (χ1) is 9.62. The Labute approximate surface area is 123 Å². The second-order valence-electron chi connectivity index (χ2n) is 5.13. The number of anilines is 2. The highest BCUT2D eigenvalue weighted by Gasteiger charge is 2.21. The predicted molar refractivity (Wildman–Crippen MR) is 85.8 cm³/mol. The number of nitro benzene ring substituents is 1. The first-order valence-electron chi connectivity index (χ1n) is 6.89. The Hall–Kier alpha value is -1.43. The lowest BCUT2D eigenvalue weighted by molar-refractivity contribution is -0.384. The van der Waals surface area contributed by atoms with Crippen molar-refractivity contribution in [3.63, 3.8) is 0 Å². The van der Waals surface area contributed by atoms with E-state index in [9.17, 15) is 10.1 Å². The quantitative estimate of drug-likeness (QED) is 0.640. The molecule has 5 nitrogen and oxygen atoms in total. The lowest BCUT2D eigenvalue weighted by Gasteiger charge is -2.28. The summed E-state index contributed by atoms with van der Waals surface area (Å²) in [6.45, 7) is 0. The van der Waals surface area contributed by atoms with Gasteiger partial charge in [0.15, 0.2) is 0 Å². The van der Waals surface area contributed by atoms with E-state index in [0.717, 1.165) is 29.5 Å². The van der Waals surface area contributed by atoms with E-state index in [0.29, 0.717) is 6.04 Å². The van der Waals surface area contributed by atoms with Crippen LogP contribution in [0, 0.1) is 10.1 Å². The highest BCUT2D eigenvalue weighted by molar-refractivity contribution is 7.99. The molecule has 0 unspecified atom stereocenters. The number of non-ortho nitro benzene ring substituents is 1. The Bertz CT molecular complexity index is 473. The van der Waals surface area contributed by atoms with Crippen molar-refractivity contribution >= 4 is 28.8 Å². The molecule has 1 fully saturated rings. The Morgan fingerprint density at radius 2 is 1.85 bits per heavy atom. The van der Waals surface area contributed by atoms with E-state index in [1.165, 1.54) is 12.8 Å². The van der Waals surface area contributed by atoms with Crippen LogP contribution in [-0.4, -0.2) is 29.5 Å². The van der Waals surface area contributed by atoms with Crippen LogP contribution in [0.5, 0.6) is 0 Å². The van der Waals surface area contributed by atoms with E-state index in [1.54, 1.807) is 19.2 Å². The van der Waals surface area contributed by atoms with Gasteiger partial charge in [0, 0.05) is 41.8 Å². The van der Waals surface area contributed by atoms with Gasteiger partial charge in [0.1, 0.15) is 0 Å². The minimum atomic E-state index is -0.351. The van der Waals surface area contributed by atoms with Gasteiger partial charge in [0.2, 0.25) is 0 Å². The number of nitro groups is 1. The zero-order valence-corrected chi connectivity index (χ0v) is 12.7. The summed E-state index contributed by atoms with van der Waals surface area (Å²) in [4.78, 5) is 10.6. The molecule has 0 saturated heterocycles. The van der Waals surface area contributed by atoms with E-state index in [1.807, 2.05) is 17.8 Å². The van der Waals surface area contributed by atoms with Gasteiger partial charge < -0.3 is 10.6 Å². The number of thioether (sulfide) groups is 1. The largest absolute Gasteiger partial charge is 0.388 e. The fourth-order valence-electron chi connectivity index (χ4n) is 2.62. The maximum absolute atomic E-state index is 10.9. The fourth-order valence-corrected chi connectivity index (χ4v) is 3.37. The highest BCUT2D eigenvalue weighted by atomic mass is 32.2. The van der Waals surface area contributed by atoms with Gasteiger partial charge in [-0.15, -0.1) is 0 Å². The van der Waals surface area contributed by atoms with Gasteiger partial charge in [-0.1, -0.05) is 0 Å². The Balaban J connectivity index is 2.05. The van der Waals surface area contributed by atoms with Crippen LogP contribution >= 0.6 is 11.8 Å². The highest BCUT2D eigenvalue weighted by Crippen LogP contribution is 2.30. The number of hydrogen-bond acceptors (Lipinski definition) is 5. The van der Waals surface area contributed by atoms with Gasteiger partial charge in [0.05, 0.1) is 4.92 Å². The molecule has 0 bridgehead atoms. The van der Waals surface area contributed by atoms with E-state index < -0.39 is 0 Å². The van der Waals surface area contributed by atoms with Gasteiger partial charge in [-0.25, -0.2) is 0 Å². The summed E-state index contributed by atoms with van der Waals surface area (Å²) < 4.78 is 0. The van der Waals surface area contributed by atoms with Crippen molar-refractivity contribution in [2.45, 2.75) is 37.0 Å². The Morgan fingerprint density at radius 3 is 2.40 bits per heavy atom. The zero-order chi connectivity index (χ0) is 14.5. The van der Waals surface area contributed by atoms with Crippen molar-refractivity contribution in [2.24, 2.45) is 0 Å². The lowest BCUT2D eigenvalue weighted by Crippen LogP contribution is -2.27. The molecule has 0 aromatic heterocycles. The molecule has 0 radical (unpaired) electrons.